The van der Waals surface area contributed by atoms with Gasteiger partial charge >= 0.3 is 0 Å². The van der Waals surface area contributed by atoms with Gasteiger partial charge in [0, 0.05) is 48.2 Å². The molecule has 3 heterocycles. The van der Waals surface area contributed by atoms with Crippen LogP contribution in [0.1, 0.15) is 11.8 Å². The molecule has 0 bridgehead atoms. The average Bonchev–Trinajstić information content (AvgIpc) is 3.48. The lowest BCUT2D eigenvalue weighted by Gasteiger charge is -2.39. The van der Waals surface area contributed by atoms with Gasteiger partial charge in [0.05, 0.1) is 19.3 Å². The Morgan fingerprint density at radius 3 is 2.62 bits per heavy atom. The Hall–Kier alpha value is -3.34. The zero-order valence-electron chi connectivity index (χ0n) is 23.4. The quantitative estimate of drug-likeness (QED) is 0.186. The predicted octanol–water partition coefficient (Wildman–Crippen LogP) is 2.21. The van der Waals surface area contributed by atoms with Gasteiger partial charge in [-0.2, -0.15) is 5.26 Å². The van der Waals surface area contributed by atoms with Gasteiger partial charge in [-0.15, -0.1) is 11.3 Å². The molecule has 10 nitrogen and oxygen atoms in total. The summed E-state index contributed by atoms with van der Waals surface area (Å²) in [6, 6.07) is 18.4. The lowest BCUT2D eigenvalue weighted by Crippen LogP contribution is -2.59. The topological polar surface area (TPSA) is 147 Å². The highest BCUT2D eigenvalue weighted by Crippen LogP contribution is 2.32. The first-order valence-electron chi connectivity index (χ1n) is 14.1. The summed E-state index contributed by atoms with van der Waals surface area (Å²) in [5, 5.41) is 48.0. The molecule has 5 rings (SSSR count). The molecule has 5 N–H and O–H groups in total. The van der Waals surface area contributed by atoms with Crippen molar-refractivity contribution in [3.63, 3.8) is 0 Å². The number of ether oxygens (including phenoxy) is 2. The molecule has 0 radical (unpaired) electrons. The van der Waals surface area contributed by atoms with Crippen molar-refractivity contribution in [2.45, 2.75) is 37.4 Å². The summed E-state index contributed by atoms with van der Waals surface area (Å²) in [7, 11) is 0. The molecule has 2 aliphatic rings. The van der Waals surface area contributed by atoms with Crippen LogP contribution in [0, 0.1) is 11.3 Å². The van der Waals surface area contributed by atoms with Gasteiger partial charge in [-0.25, -0.2) is 0 Å². The summed E-state index contributed by atoms with van der Waals surface area (Å²) in [6.45, 7) is 6.87. The number of hydrogen-bond donors (Lipinski definition) is 5. The summed E-state index contributed by atoms with van der Waals surface area (Å²) in [5.41, 5.74) is 2.04. The number of fused-ring (bicyclic) bond motifs is 1. The SMILES string of the molecule is CC1O[C@H](CNC(=O)/C(C#N)=C/c2ccc(-c3ccc4cc(NCCN5CCOCC5)ccc4c3)s2)[C@@H](O)[C@H](O)[C@H]1O. The number of nitrogens with one attached hydrogen (secondary N) is 2. The number of nitrogens with zero attached hydrogens (tertiary/aromatic N) is 2. The van der Waals surface area contributed by atoms with Crippen molar-refractivity contribution in [1.29, 1.82) is 5.26 Å². The maximum Gasteiger partial charge on any atom is 0.262 e. The first-order chi connectivity index (χ1) is 20.3. The minimum atomic E-state index is -1.38. The lowest BCUT2D eigenvalue weighted by atomic mass is 9.95. The second kappa shape index (κ2) is 13.8. The van der Waals surface area contributed by atoms with Crippen molar-refractivity contribution in [2.75, 3.05) is 51.3 Å². The molecule has 0 aliphatic carbocycles. The number of anilines is 1. The van der Waals surface area contributed by atoms with E-state index in [2.05, 4.69) is 51.9 Å². The Kier molecular flexibility index (Phi) is 9.87. The second-order valence-corrected chi connectivity index (χ2v) is 11.7. The molecule has 0 spiro atoms. The van der Waals surface area contributed by atoms with Crippen molar-refractivity contribution in [3.8, 4) is 16.5 Å². The predicted molar refractivity (Wildman–Crippen MR) is 162 cm³/mol. The fraction of sp³-hybridized carbons (Fsp3) is 0.419. The molecule has 42 heavy (non-hydrogen) atoms. The van der Waals surface area contributed by atoms with Crippen molar-refractivity contribution >= 4 is 39.8 Å². The van der Waals surface area contributed by atoms with Gasteiger partial charge in [0.1, 0.15) is 36.1 Å². The van der Waals surface area contributed by atoms with Gasteiger partial charge in [-0.1, -0.05) is 18.2 Å². The third-order valence-electron chi connectivity index (χ3n) is 7.68. The van der Waals surface area contributed by atoms with E-state index in [0.717, 1.165) is 71.2 Å². The van der Waals surface area contributed by atoms with E-state index in [0.29, 0.717) is 0 Å². The van der Waals surface area contributed by atoms with Crippen LogP contribution in [0.4, 0.5) is 5.69 Å². The van der Waals surface area contributed by atoms with Crippen LogP contribution in [0.5, 0.6) is 0 Å². The van der Waals surface area contributed by atoms with E-state index in [1.54, 1.807) is 6.92 Å². The molecule has 3 aromatic rings. The molecule has 5 atom stereocenters. The molecule has 2 aromatic carbocycles. The van der Waals surface area contributed by atoms with Crippen LogP contribution < -0.4 is 10.6 Å². The minimum absolute atomic E-state index is 0.0884. The van der Waals surface area contributed by atoms with Gasteiger partial charge in [0.2, 0.25) is 0 Å². The van der Waals surface area contributed by atoms with Gasteiger partial charge in [0.15, 0.2) is 0 Å². The maximum absolute atomic E-state index is 12.7. The maximum atomic E-state index is 12.7. The van der Waals surface area contributed by atoms with Gasteiger partial charge in [-0.3, -0.25) is 9.69 Å². The molecule has 1 amide bonds. The summed E-state index contributed by atoms with van der Waals surface area (Å²) in [5.74, 6) is -0.614. The fourth-order valence-electron chi connectivity index (χ4n) is 5.16. The molecular weight excluding hydrogens is 556 g/mol. The smallest absolute Gasteiger partial charge is 0.262 e. The molecule has 2 fully saturated rings. The van der Waals surface area contributed by atoms with Crippen LogP contribution in [0.25, 0.3) is 27.3 Å². The van der Waals surface area contributed by atoms with Crippen molar-refractivity contribution in [1.82, 2.24) is 10.2 Å². The Labute approximate surface area is 248 Å². The summed E-state index contributed by atoms with van der Waals surface area (Å²) < 4.78 is 10.9. The molecule has 222 valence electrons. The molecule has 1 aromatic heterocycles. The average molecular weight is 593 g/mol. The van der Waals surface area contributed by atoms with Gasteiger partial charge in [-0.05, 0) is 59.7 Å². The zero-order chi connectivity index (χ0) is 29.6. The number of hydrogen-bond acceptors (Lipinski definition) is 10. The molecule has 1 unspecified atom stereocenters. The number of nitriles is 1. The van der Waals surface area contributed by atoms with Gasteiger partial charge in [0.25, 0.3) is 5.91 Å². The second-order valence-electron chi connectivity index (χ2n) is 10.6. The Bertz CT molecular complexity index is 1460. The van der Waals surface area contributed by atoms with E-state index in [1.807, 2.05) is 18.2 Å². The number of amides is 1. The van der Waals surface area contributed by atoms with Crippen LogP contribution >= 0.6 is 11.3 Å². The normalized spacial score (nSPS) is 25.2. The number of thiophene rings is 1. The number of aliphatic hydroxyl groups is 3. The van der Waals surface area contributed by atoms with Crippen molar-refractivity contribution in [2.24, 2.45) is 0 Å². The molecule has 2 saturated heterocycles. The van der Waals surface area contributed by atoms with Crippen LogP contribution in [0.15, 0.2) is 54.1 Å². The number of carbonyl (C=O) groups is 1. The van der Waals surface area contributed by atoms with E-state index >= 15 is 0 Å². The first kappa shape index (κ1) is 30.1. The zero-order valence-corrected chi connectivity index (χ0v) is 24.2. The lowest BCUT2D eigenvalue weighted by molar-refractivity contribution is -0.215. The van der Waals surface area contributed by atoms with Crippen LogP contribution in [-0.2, 0) is 14.3 Å². The molecule has 0 saturated carbocycles. The van der Waals surface area contributed by atoms with Crippen molar-refractivity contribution in [3.05, 3.63) is 59.0 Å². The molecule has 11 heteroatoms. The Morgan fingerprint density at radius 2 is 1.83 bits per heavy atom. The number of aliphatic hydroxyl groups excluding tert-OH is 3. The van der Waals surface area contributed by atoms with Crippen molar-refractivity contribution < 1.29 is 29.6 Å². The first-order valence-corrected chi connectivity index (χ1v) is 14.9. The third-order valence-corrected chi connectivity index (χ3v) is 8.76. The number of benzene rings is 2. The van der Waals surface area contributed by atoms with E-state index in [1.165, 1.54) is 17.4 Å². The standard InChI is InChI=1S/C31H36N4O6S/c1-19-28(36)30(38)29(37)26(41-19)18-34-31(39)23(17-32)16-25-6-7-27(42-25)22-3-2-21-15-24(5-4-20(21)14-22)33-8-9-35-10-12-40-13-11-35/h2-7,14-16,19,26,28-30,33,36-38H,8-13,18H2,1H3,(H,34,39)/b23-16+/t19?,26-,28+,29-,30-/m1/s1. The largest absolute Gasteiger partial charge is 0.388 e. The van der Waals surface area contributed by atoms with E-state index in [4.69, 9.17) is 9.47 Å². The highest BCUT2D eigenvalue weighted by molar-refractivity contribution is 7.16. The summed E-state index contributed by atoms with van der Waals surface area (Å²) >= 11 is 1.47. The fourth-order valence-corrected chi connectivity index (χ4v) is 6.11. The Balaban J connectivity index is 1.19. The summed E-state index contributed by atoms with van der Waals surface area (Å²) in [6.07, 6.45) is -4.06. The highest BCUT2D eigenvalue weighted by Gasteiger charge is 2.41. The van der Waals surface area contributed by atoms with Crippen LogP contribution in [0.3, 0.4) is 0 Å². The summed E-state index contributed by atoms with van der Waals surface area (Å²) in [4.78, 5) is 16.8. The monoisotopic (exact) mass is 592 g/mol. The van der Waals surface area contributed by atoms with E-state index < -0.39 is 36.4 Å². The number of morpholine rings is 1. The van der Waals surface area contributed by atoms with E-state index in [9.17, 15) is 25.4 Å². The molecular formula is C31H36N4O6S. The van der Waals surface area contributed by atoms with Crippen LogP contribution in [-0.4, -0.2) is 103 Å². The van der Waals surface area contributed by atoms with E-state index in [-0.39, 0.29) is 12.1 Å². The Morgan fingerprint density at radius 1 is 1.07 bits per heavy atom. The van der Waals surface area contributed by atoms with Gasteiger partial charge < -0.3 is 35.4 Å². The molecule has 2 aliphatic heterocycles. The van der Waals surface area contributed by atoms with Crippen LogP contribution in [0.2, 0.25) is 0 Å². The number of rotatable bonds is 9. The number of carbonyl (C=O) groups excluding carboxylic acids is 1. The minimum Gasteiger partial charge on any atom is -0.388 e. The highest BCUT2D eigenvalue weighted by atomic mass is 32.1. The third kappa shape index (κ3) is 7.17.